The molecule has 0 aromatic heterocycles. The molecular formula is C9H14O8. The van der Waals surface area contributed by atoms with Crippen LogP contribution in [0.2, 0.25) is 0 Å². The molecule has 1 fully saturated rings. The molecule has 1 unspecified atom stereocenters. The number of hydrogen-bond acceptors (Lipinski definition) is 8. The van der Waals surface area contributed by atoms with Crippen molar-refractivity contribution < 1.29 is 39.1 Å². The van der Waals surface area contributed by atoms with Gasteiger partial charge in [-0.25, -0.2) is 4.79 Å². The lowest BCUT2D eigenvalue weighted by molar-refractivity contribution is -0.283. The topological polar surface area (TPSA) is 123 Å². The zero-order valence-electron chi connectivity index (χ0n) is 9.27. The maximum Gasteiger partial charge on any atom is 0.337 e. The summed E-state index contributed by atoms with van der Waals surface area (Å²) in [4.78, 5) is 22.0. The van der Waals surface area contributed by atoms with Crippen LogP contribution in [0.4, 0.5) is 0 Å². The van der Waals surface area contributed by atoms with Crippen molar-refractivity contribution in [1.82, 2.24) is 0 Å². The molecule has 0 aromatic carbocycles. The van der Waals surface area contributed by atoms with E-state index in [2.05, 4.69) is 14.2 Å². The summed E-state index contributed by atoms with van der Waals surface area (Å²) in [6.45, 7) is 1.06. The van der Waals surface area contributed by atoms with Crippen molar-refractivity contribution in [2.75, 3.05) is 7.11 Å². The summed E-state index contributed by atoms with van der Waals surface area (Å²) in [6.07, 6.45) is -8.01. The van der Waals surface area contributed by atoms with E-state index in [0.29, 0.717) is 0 Å². The highest BCUT2D eigenvalue weighted by Gasteiger charge is 2.49. The molecule has 8 heteroatoms. The van der Waals surface area contributed by atoms with Crippen LogP contribution in [0.5, 0.6) is 0 Å². The van der Waals surface area contributed by atoms with Gasteiger partial charge in [0.25, 0.3) is 0 Å². The number of hydrogen-bond donors (Lipinski definition) is 3. The predicted molar refractivity (Wildman–Crippen MR) is 50.5 cm³/mol. The minimum absolute atomic E-state index is 0.772. The fourth-order valence-corrected chi connectivity index (χ4v) is 1.49. The number of ether oxygens (including phenoxy) is 3. The van der Waals surface area contributed by atoms with Gasteiger partial charge in [-0.05, 0) is 0 Å². The number of aliphatic hydroxyl groups is 3. The molecule has 1 heterocycles. The van der Waals surface area contributed by atoms with Gasteiger partial charge in [0.05, 0.1) is 7.11 Å². The van der Waals surface area contributed by atoms with Gasteiger partial charge in [-0.3, -0.25) is 4.79 Å². The highest BCUT2D eigenvalue weighted by atomic mass is 16.7. The number of methoxy groups -OCH3 is 1. The van der Waals surface area contributed by atoms with E-state index in [-0.39, 0.29) is 0 Å². The van der Waals surface area contributed by atoms with E-state index in [4.69, 9.17) is 0 Å². The third-order valence-corrected chi connectivity index (χ3v) is 2.30. The van der Waals surface area contributed by atoms with E-state index in [1.165, 1.54) is 0 Å². The normalized spacial score (nSPS) is 37.4. The van der Waals surface area contributed by atoms with E-state index < -0.39 is 42.6 Å². The maximum absolute atomic E-state index is 11.2. The first kappa shape index (κ1) is 13.8. The van der Waals surface area contributed by atoms with Crippen LogP contribution in [-0.2, 0) is 23.8 Å². The maximum atomic E-state index is 11.2. The molecular weight excluding hydrogens is 236 g/mol. The second-order valence-electron chi connectivity index (χ2n) is 3.53. The summed E-state index contributed by atoms with van der Waals surface area (Å²) >= 11 is 0. The molecule has 0 bridgehead atoms. The van der Waals surface area contributed by atoms with Crippen molar-refractivity contribution in [3.8, 4) is 0 Å². The summed E-state index contributed by atoms with van der Waals surface area (Å²) < 4.78 is 13.6. The van der Waals surface area contributed by atoms with Crippen molar-refractivity contribution >= 4 is 11.9 Å². The van der Waals surface area contributed by atoms with Gasteiger partial charge in [-0.15, -0.1) is 0 Å². The highest BCUT2D eigenvalue weighted by molar-refractivity contribution is 5.75. The molecule has 8 nitrogen and oxygen atoms in total. The Morgan fingerprint density at radius 1 is 1.18 bits per heavy atom. The van der Waals surface area contributed by atoms with Crippen LogP contribution in [0, 0.1) is 0 Å². The monoisotopic (exact) mass is 250 g/mol. The molecule has 0 saturated carbocycles. The molecule has 17 heavy (non-hydrogen) atoms. The van der Waals surface area contributed by atoms with Crippen molar-refractivity contribution in [1.29, 1.82) is 0 Å². The van der Waals surface area contributed by atoms with E-state index in [1.807, 2.05) is 0 Å². The van der Waals surface area contributed by atoms with Gasteiger partial charge < -0.3 is 29.5 Å². The lowest BCUT2D eigenvalue weighted by atomic mass is 9.98. The van der Waals surface area contributed by atoms with Crippen LogP contribution in [-0.4, -0.2) is 65.1 Å². The van der Waals surface area contributed by atoms with E-state index in [1.54, 1.807) is 0 Å². The number of esters is 2. The van der Waals surface area contributed by atoms with Crippen LogP contribution in [0.15, 0.2) is 0 Å². The van der Waals surface area contributed by atoms with Gasteiger partial charge in [-0.2, -0.15) is 0 Å². The average molecular weight is 250 g/mol. The van der Waals surface area contributed by atoms with Gasteiger partial charge in [0, 0.05) is 6.92 Å². The zero-order chi connectivity index (χ0) is 13.2. The van der Waals surface area contributed by atoms with Gasteiger partial charge >= 0.3 is 11.9 Å². The van der Waals surface area contributed by atoms with Crippen LogP contribution in [0.25, 0.3) is 0 Å². The second kappa shape index (κ2) is 5.41. The highest BCUT2D eigenvalue weighted by Crippen LogP contribution is 2.23. The third kappa shape index (κ3) is 2.91. The van der Waals surface area contributed by atoms with Gasteiger partial charge in [0.2, 0.25) is 0 Å². The van der Waals surface area contributed by atoms with Gasteiger partial charge in [0.15, 0.2) is 18.5 Å². The summed E-state index contributed by atoms with van der Waals surface area (Å²) in [5.41, 5.74) is 0. The standard InChI is InChI=1S/C9H14O8/c1-3(10)16-6-4(11)7(9(14)15-2)17-8(13)5(6)12/h4-8,11-13H,1-2H3/t4-,5+,6-,7+,8?/m0/s1. The summed E-state index contributed by atoms with van der Waals surface area (Å²) in [7, 11) is 1.07. The minimum Gasteiger partial charge on any atom is -0.467 e. The Balaban J connectivity index is 2.86. The number of carbonyl (C=O) groups excluding carboxylic acids is 2. The van der Waals surface area contributed by atoms with Gasteiger partial charge in [-0.1, -0.05) is 0 Å². The third-order valence-electron chi connectivity index (χ3n) is 2.30. The molecule has 1 saturated heterocycles. The largest absolute Gasteiger partial charge is 0.467 e. The SMILES string of the molecule is COC(=O)[C@@H]1OC(O)[C@H](O)[C@@H](OC(C)=O)[C@@H]1O. The average Bonchev–Trinajstić information content (AvgIpc) is 2.28. The first-order valence-corrected chi connectivity index (χ1v) is 4.83. The molecule has 0 radical (unpaired) electrons. The zero-order valence-corrected chi connectivity index (χ0v) is 9.27. The molecule has 0 aromatic rings. The van der Waals surface area contributed by atoms with Crippen LogP contribution < -0.4 is 0 Å². The van der Waals surface area contributed by atoms with Crippen molar-refractivity contribution in [2.45, 2.75) is 37.6 Å². The Labute approximate surface area is 96.7 Å². The lowest BCUT2D eigenvalue weighted by Gasteiger charge is -2.38. The Bertz CT molecular complexity index is 303. The van der Waals surface area contributed by atoms with E-state index in [9.17, 15) is 24.9 Å². The quantitative estimate of drug-likeness (QED) is 0.461. The second-order valence-corrected chi connectivity index (χ2v) is 3.53. The smallest absolute Gasteiger partial charge is 0.337 e. The lowest BCUT2D eigenvalue weighted by Crippen LogP contribution is -2.61. The van der Waals surface area contributed by atoms with Crippen LogP contribution in [0.3, 0.4) is 0 Å². The van der Waals surface area contributed by atoms with Gasteiger partial charge in [0.1, 0.15) is 12.2 Å². The minimum atomic E-state index is -1.76. The Hall–Kier alpha value is -1.22. The summed E-state index contributed by atoms with van der Waals surface area (Å²) in [5, 5.41) is 28.5. The van der Waals surface area contributed by atoms with Crippen LogP contribution >= 0.6 is 0 Å². The molecule has 1 aliphatic rings. The molecule has 1 rings (SSSR count). The molecule has 1 aliphatic heterocycles. The summed E-state index contributed by atoms with van der Waals surface area (Å²) in [5.74, 6) is -1.72. The van der Waals surface area contributed by atoms with E-state index in [0.717, 1.165) is 14.0 Å². The fraction of sp³-hybridized carbons (Fsp3) is 0.778. The Morgan fingerprint density at radius 3 is 2.24 bits per heavy atom. The number of aliphatic hydroxyl groups excluding tert-OH is 3. The Morgan fingerprint density at radius 2 is 1.76 bits per heavy atom. The fourth-order valence-electron chi connectivity index (χ4n) is 1.49. The molecule has 0 spiro atoms. The Kier molecular flexibility index (Phi) is 4.40. The van der Waals surface area contributed by atoms with Crippen LogP contribution in [0.1, 0.15) is 6.92 Å². The number of carbonyl (C=O) groups is 2. The summed E-state index contributed by atoms with van der Waals surface area (Å²) in [6, 6.07) is 0. The van der Waals surface area contributed by atoms with E-state index >= 15 is 0 Å². The van der Waals surface area contributed by atoms with Crippen molar-refractivity contribution in [3.63, 3.8) is 0 Å². The molecule has 0 amide bonds. The first-order chi connectivity index (χ1) is 7.88. The van der Waals surface area contributed by atoms with Crippen molar-refractivity contribution in [3.05, 3.63) is 0 Å². The van der Waals surface area contributed by atoms with Crippen molar-refractivity contribution in [2.24, 2.45) is 0 Å². The molecule has 0 aliphatic carbocycles. The first-order valence-electron chi connectivity index (χ1n) is 4.83. The number of rotatable bonds is 2. The molecule has 3 N–H and O–H groups in total. The molecule has 98 valence electrons. The molecule has 5 atom stereocenters. The predicted octanol–water partition coefficient (Wildman–Crippen LogP) is -2.47.